The zero-order chi connectivity index (χ0) is 24.1. The molecule has 9 heteroatoms. The Hall–Kier alpha value is -3.59. The number of rotatable bonds is 6. The van der Waals surface area contributed by atoms with Crippen LogP contribution in [0.5, 0.6) is 11.6 Å². The third-order valence-electron chi connectivity index (χ3n) is 5.82. The van der Waals surface area contributed by atoms with E-state index in [4.69, 9.17) is 4.74 Å². The topological polar surface area (TPSA) is 65.9 Å². The molecule has 1 aliphatic heterocycles. The Labute approximate surface area is 195 Å². The molecule has 0 aliphatic carbocycles. The molecule has 1 atom stereocenters. The van der Waals surface area contributed by atoms with Crippen LogP contribution in [0.4, 0.5) is 18.0 Å². The number of carboxylic acid groups (broad SMARTS) is 1. The molecular weight excluding hydrogens is 447 g/mol. The van der Waals surface area contributed by atoms with Crippen molar-refractivity contribution in [2.45, 2.75) is 18.6 Å². The Morgan fingerprint density at radius 3 is 2.38 bits per heavy atom. The molecule has 3 aromatic rings. The van der Waals surface area contributed by atoms with Gasteiger partial charge in [-0.15, -0.1) is 0 Å². The van der Waals surface area contributed by atoms with Gasteiger partial charge >= 0.3 is 12.3 Å². The molecule has 4 rings (SSSR count). The lowest BCUT2D eigenvalue weighted by atomic mass is 10.0. The maximum Gasteiger partial charge on any atom is 0.417 e. The SMILES string of the molecule is O=C(O)N1CCN(CCc2ccccc2)CC1c1ccc(Oc2ccc(C(F)(F)F)cn2)cc1. The van der Waals surface area contributed by atoms with Crippen molar-refractivity contribution in [3.63, 3.8) is 0 Å². The maximum atomic E-state index is 12.7. The second-order valence-electron chi connectivity index (χ2n) is 8.08. The summed E-state index contributed by atoms with van der Waals surface area (Å²) >= 11 is 0. The molecule has 1 fully saturated rings. The fraction of sp³-hybridized carbons (Fsp3) is 0.280. The van der Waals surface area contributed by atoms with Crippen LogP contribution in [0.3, 0.4) is 0 Å². The first kappa shape index (κ1) is 23.6. The Morgan fingerprint density at radius 2 is 1.76 bits per heavy atom. The lowest BCUT2D eigenvalue weighted by Crippen LogP contribution is -2.50. The number of piperazine rings is 1. The van der Waals surface area contributed by atoms with Gasteiger partial charge < -0.3 is 9.84 Å². The summed E-state index contributed by atoms with van der Waals surface area (Å²) in [6.07, 6.45) is -3.83. The number of ether oxygens (including phenoxy) is 1. The zero-order valence-corrected chi connectivity index (χ0v) is 18.3. The number of benzene rings is 2. The van der Waals surface area contributed by atoms with Gasteiger partial charge in [-0.1, -0.05) is 42.5 Å². The Kier molecular flexibility index (Phi) is 7.02. The van der Waals surface area contributed by atoms with Crippen LogP contribution in [0.2, 0.25) is 0 Å². The number of carbonyl (C=O) groups is 1. The van der Waals surface area contributed by atoms with Gasteiger partial charge in [0.05, 0.1) is 11.6 Å². The van der Waals surface area contributed by atoms with E-state index in [1.54, 1.807) is 24.3 Å². The highest BCUT2D eigenvalue weighted by Gasteiger charge is 2.32. The molecule has 34 heavy (non-hydrogen) atoms. The monoisotopic (exact) mass is 471 g/mol. The second kappa shape index (κ2) is 10.1. The first-order valence-electron chi connectivity index (χ1n) is 10.9. The summed E-state index contributed by atoms with van der Waals surface area (Å²) in [5.41, 5.74) is 1.20. The van der Waals surface area contributed by atoms with Crippen molar-refractivity contribution in [3.8, 4) is 11.6 Å². The van der Waals surface area contributed by atoms with Crippen LogP contribution < -0.4 is 4.74 Å². The third kappa shape index (κ3) is 5.85. The minimum absolute atomic E-state index is 0.0395. The standard InChI is InChI=1S/C25H24F3N3O3/c26-25(27,28)20-8-11-23(29-16-20)34-21-9-6-19(7-10-21)22-17-30(14-15-31(22)24(32)33)13-12-18-4-2-1-3-5-18/h1-11,16,22H,12-15,17H2,(H,32,33). The van der Waals surface area contributed by atoms with Crippen molar-refractivity contribution in [2.24, 2.45) is 0 Å². The molecule has 6 nitrogen and oxygen atoms in total. The van der Waals surface area contributed by atoms with Gasteiger partial charge in [-0.25, -0.2) is 9.78 Å². The molecular formula is C25H24F3N3O3. The minimum Gasteiger partial charge on any atom is -0.465 e. The molecule has 0 saturated carbocycles. The van der Waals surface area contributed by atoms with Gasteiger partial charge in [0.25, 0.3) is 0 Å². The van der Waals surface area contributed by atoms with Crippen molar-refractivity contribution >= 4 is 6.09 Å². The molecule has 1 aliphatic rings. The number of hydrogen-bond acceptors (Lipinski definition) is 4. The fourth-order valence-corrected chi connectivity index (χ4v) is 3.98. The van der Waals surface area contributed by atoms with E-state index in [9.17, 15) is 23.1 Å². The maximum absolute atomic E-state index is 12.7. The number of halogens is 3. The molecule has 2 aromatic carbocycles. The van der Waals surface area contributed by atoms with Gasteiger partial charge in [-0.05, 0) is 35.7 Å². The van der Waals surface area contributed by atoms with Crippen LogP contribution in [0.1, 0.15) is 22.7 Å². The first-order chi connectivity index (χ1) is 16.3. The number of nitrogens with zero attached hydrogens (tertiary/aromatic N) is 3. The molecule has 1 N–H and O–H groups in total. The molecule has 1 unspecified atom stereocenters. The molecule has 178 valence electrons. The lowest BCUT2D eigenvalue weighted by Gasteiger charge is -2.40. The van der Waals surface area contributed by atoms with Crippen LogP contribution in [0.25, 0.3) is 0 Å². The third-order valence-corrected chi connectivity index (χ3v) is 5.82. The fourth-order valence-electron chi connectivity index (χ4n) is 3.98. The normalized spacial score (nSPS) is 16.9. The number of alkyl halides is 3. The van der Waals surface area contributed by atoms with Crippen LogP contribution in [-0.2, 0) is 12.6 Å². The highest BCUT2D eigenvalue weighted by molar-refractivity contribution is 5.66. The average Bonchev–Trinajstić information content (AvgIpc) is 2.83. The molecule has 1 amide bonds. The van der Waals surface area contributed by atoms with Crippen LogP contribution in [-0.4, -0.2) is 52.2 Å². The highest BCUT2D eigenvalue weighted by Crippen LogP contribution is 2.31. The number of amides is 1. The predicted octanol–water partition coefficient (Wildman–Crippen LogP) is 5.47. The van der Waals surface area contributed by atoms with Gasteiger partial charge in [0.1, 0.15) is 5.75 Å². The molecule has 0 radical (unpaired) electrons. The smallest absolute Gasteiger partial charge is 0.417 e. The van der Waals surface area contributed by atoms with E-state index >= 15 is 0 Å². The van der Waals surface area contributed by atoms with E-state index in [0.29, 0.717) is 25.4 Å². The number of hydrogen-bond donors (Lipinski definition) is 1. The summed E-state index contributed by atoms with van der Waals surface area (Å²) in [5.74, 6) is 0.437. The lowest BCUT2D eigenvalue weighted by molar-refractivity contribution is -0.137. The average molecular weight is 471 g/mol. The molecule has 0 spiro atoms. The second-order valence-corrected chi connectivity index (χ2v) is 8.08. The van der Waals surface area contributed by atoms with E-state index in [2.05, 4.69) is 22.0 Å². The van der Waals surface area contributed by atoms with E-state index in [1.807, 2.05) is 18.2 Å². The predicted molar refractivity (Wildman–Crippen MR) is 120 cm³/mol. The minimum atomic E-state index is -4.46. The van der Waals surface area contributed by atoms with E-state index < -0.39 is 17.8 Å². The molecule has 0 bridgehead atoms. The quantitative estimate of drug-likeness (QED) is 0.516. The van der Waals surface area contributed by atoms with Gasteiger partial charge in [-0.2, -0.15) is 13.2 Å². The highest BCUT2D eigenvalue weighted by atomic mass is 19.4. The Bertz CT molecular complexity index is 1090. The summed E-state index contributed by atoms with van der Waals surface area (Å²) in [6, 6.07) is 18.8. The van der Waals surface area contributed by atoms with Crippen molar-refractivity contribution < 1.29 is 27.8 Å². The molecule has 2 heterocycles. The van der Waals surface area contributed by atoms with Gasteiger partial charge in [0.2, 0.25) is 5.88 Å². The van der Waals surface area contributed by atoms with Crippen molar-refractivity contribution in [3.05, 3.63) is 89.6 Å². The van der Waals surface area contributed by atoms with Gasteiger partial charge in [-0.3, -0.25) is 9.80 Å². The summed E-state index contributed by atoms with van der Waals surface area (Å²) < 4.78 is 43.6. The van der Waals surface area contributed by atoms with Crippen LogP contribution in [0, 0.1) is 0 Å². The summed E-state index contributed by atoms with van der Waals surface area (Å²) in [5, 5.41) is 9.69. The molecule has 1 saturated heterocycles. The largest absolute Gasteiger partial charge is 0.465 e. The number of pyridine rings is 1. The van der Waals surface area contributed by atoms with E-state index in [-0.39, 0.29) is 11.9 Å². The zero-order valence-electron chi connectivity index (χ0n) is 18.3. The van der Waals surface area contributed by atoms with Gasteiger partial charge in [0.15, 0.2) is 0 Å². The van der Waals surface area contributed by atoms with Crippen molar-refractivity contribution in [1.29, 1.82) is 0 Å². The van der Waals surface area contributed by atoms with E-state index in [1.165, 1.54) is 10.5 Å². The summed E-state index contributed by atoms with van der Waals surface area (Å²) in [4.78, 5) is 19.2. The first-order valence-corrected chi connectivity index (χ1v) is 10.9. The van der Waals surface area contributed by atoms with Crippen molar-refractivity contribution in [2.75, 3.05) is 26.2 Å². The van der Waals surface area contributed by atoms with E-state index in [0.717, 1.165) is 36.9 Å². The van der Waals surface area contributed by atoms with Crippen molar-refractivity contribution in [1.82, 2.24) is 14.8 Å². The Balaban J connectivity index is 1.42. The van der Waals surface area contributed by atoms with Crippen LogP contribution >= 0.6 is 0 Å². The summed E-state index contributed by atoms with van der Waals surface area (Å²) in [7, 11) is 0. The molecule has 1 aromatic heterocycles. The Morgan fingerprint density at radius 1 is 1.03 bits per heavy atom. The number of aromatic nitrogens is 1. The summed E-state index contributed by atoms with van der Waals surface area (Å²) in [6.45, 7) is 2.47. The van der Waals surface area contributed by atoms with Crippen LogP contribution in [0.15, 0.2) is 72.9 Å². The van der Waals surface area contributed by atoms with Gasteiger partial charge in [0, 0.05) is 38.4 Å².